The Bertz CT molecular complexity index is 637. The molecule has 0 N–H and O–H groups in total. The van der Waals surface area contributed by atoms with Gasteiger partial charge in [-0.2, -0.15) is 0 Å². The zero-order valence-electron chi connectivity index (χ0n) is 14.3. The smallest absolute Gasteiger partial charge is 0.310 e. The molecule has 4 nitrogen and oxygen atoms in total. The van der Waals surface area contributed by atoms with Crippen LogP contribution in [0.1, 0.15) is 30.9 Å². The van der Waals surface area contributed by atoms with E-state index in [-0.39, 0.29) is 12.4 Å². The van der Waals surface area contributed by atoms with Crippen molar-refractivity contribution in [2.45, 2.75) is 32.8 Å². The van der Waals surface area contributed by atoms with Crippen molar-refractivity contribution in [1.29, 1.82) is 0 Å². The molecule has 0 radical (unpaired) electrons. The van der Waals surface area contributed by atoms with E-state index in [2.05, 4.69) is 6.92 Å². The molecule has 2 rings (SSSR count). The Morgan fingerprint density at radius 1 is 1.04 bits per heavy atom. The van der Waals surface area contributed by atoms with Gasteiger partial charge in [-0.25, -0.2) is 0 Å². The minimum Gasteiger partial charge on any atom is -0.493 e. The second-order valence-corrected chi connectivity index (χ2v) is 5.50. The fraction of sp³-hybridized carbons (Fsp3) is 0.350. The summed E-state index contributed by atoms with van der Waals surface area (Å²) in [5.41, 5.74) is 1.86. The summed E-state index contributed by atoms with van der Waals surface area (Å²) in [5.74, 6) is 1.11. The maximum Gasteiger partial charge on any atom is 0.310 e. The third-order valence-electron chi connectivity index (χ3n) is 3.60. The molecule has 0 aliphatic carbocycles. The molecular weight excluding hydrogens is 304 g/mol. The van der Waals surface area contributed by atoms with Crippen molar-refractivity contribution in [1.82, 2.24) is 0 Å². The molecule has 24 heavy (non-hydrogen) atoms. The zero-order chi connectivity index (χ0) is 17.2. The summed E-state index contributed by atoms with van der Waals surface area (Å²) >= 11 is 0. The van der Waals surface area contributed by atoms with E-state index in [1.807, 2.05) is 48.5 Å². The van der Waals surface area contributed by atoms with Gasteiger partial charge in [0.15, 0.2) is 0 Å². The largest absolute Gasteiger partial charge is 0.493 e. The lowest BCUT2D eigenvalue weighted by Crippen LogP contribution is -2.07. The maximum absolute atomic E-state index is 11.6. The SMILES string of the molecule is CCCCOc1ccc(CC(=O)OC)c(OCc2ccccc2)c1. The van der Waals surface area contributed by atoms with Gasteiger partial charge in [0, 0.05) is 11.6 Å². The number of esters is 1. The van der Waals surface area contributed by atoms with Crippen LogP contribution in [-0.2, 0) is 22.6 Å². The van der Waals surface area contributed by atoms with E-state index in [0.29, 0.717) is 19.0 Å². The standard InChI is InChI=1S/C20H24O4/c1-3-4-12-23-18-11-10-17(13-20(21)22-2)19(14-18)24-15-16-8-6-5-7-9-16/h5-11,14H,3-4,12-13,15H2,1-2H3. The van der Waals surface area contributed by atoms with Crippen LogP contribution in [0.4, 0.5) is 0 Å². The Hall–Kier alpha value is -2.49. The normalized spacial score (nSPS) is 10.2. The molecule has 0 amide bonds. The number of benzene rings is 2. The Kier molecular flexibility index (Phi) is 7.15. The molecule has 0 aliphatic heterocycles. The lowest BCUT2D eigenvalue weighted by Gasteiger charge is -2.14. The first-order valence-electron chi connectivity index (χ1n) is 8.22. The Morgan fingerprint density at radius 2 is 1.83 bits per heavy atom. The summed E-state index contributed by atoms with van der Waals surface area (Å²) in [5, 5.41) is 0. The molecule has 0 fully saturated rings. The van der Waals surface area contributed by atoms with E-state index >= 15 is 0 Å². The van der Waals surface area contributed by atoms with Gasteiger partial charge in [0.1, 0.15) is 18.1 Å². The van der Waals surface area contributed by atoms with Gasteiger partial charge in [-0.05, 0) is 18.1 Å². The average molecular weight is 328 g/mol. The van der Waals surface area contributed by atoms with E-state index in [1.165, 1.54) is 7.11 Å². The molecule has 0 heterocycles. The maximum atomic E-state index is 11.6. The first kappa shape index (κ1) is 17.9. The Morgan fingerprint density at radius 3 is 2.54 bits per heavy atom. The average Bonchev–Trinajstić information content (AvgIpc) is 2.62. The van der Waals surface area contributed by atoms with Gasteiger partial charge < -0.3 is 14.2 Å². The van der Waals surface area contributed by atoms with Crippen molar-refractivity contribution in [2.24, 2.45) is 0 Å². The van der Waals surface area contributed by atoms with Crippen molar-refractivity contribution in [3.05, 3.63) is 59.7 Å². The summed E-state index contributed by atoms with van der Waals surface area (Å²) < 4.78 is 16.4. The van der Waals surface area contributed by atoms with Crippen LogP contribution in [0.15, 0.2) is 48.5 Å². The second-order valence-electron chi connectivity index (χ2n) is 5.50. The Labute approximate surface area is 143 Å². The molecule has 128 valence electrons. The highest BCUT2D eigenvalue weighted by Crippen LogP contribution is 2.27. The highest BCUT2D eigenvalue weighted by molar-refractivity contribution is 5.73. The van der Waals surface area contributed by atoms with Gasteiger partial charge in [-0.1, -0.05) is 49.7 Å². The first-order valence-corrected chi connectivity index (χ1v) is 8.22. The lowest BCUT2D eigenvalue weighted by molar-refractivity contribution is -0.139. The molecule has 0 atom stereocenters. The van der Waals surface area contributed by atoms with Gasteiger partial charge in [0.2, 0.25) is 0 Å². The van der Waals surface area contributed by atoms with Gasteiger partial charge in [-0.15, -0.1) is 0 Å². The topological polar surface area (TPSA) is 44.8 Å². The van der Waals surface area contributed by atoms with E-state index < -0.39 is 0 Å². The number of ether oxygens (including phenoxy) is 3. The zero-order valence-corrected chi connectivity index (χ0v) is 14.3. The molecule has 0 aliphatic rings. The molecule has 4 heteroatoms. The predicted octanol–water partition coefficient (Wildman–Crippen LogP) is 4.16. The monoisotopic (exact) mass is 328 g/mol. The number of hydrogen-bond acceptors (Lipinski definition) is 4. The van der Waals surface area contributed by atoms with Crippen LogP contribution in [0.25, 0.3) is 0 Å². The van der Waals surface area contributed by atoms with Gasteiger partial charge in [-0.3, -0.25) is 4.79 Å². The summed E-state index contributed by atoms with van der Waals surface area (Å²) in [6, 6.07) is 15.5. The highest BCUT2D eigenvalue weighted by atomic mass is 16.5. The van der Waals surface area contributed by atoms with Gasteiger partial charge in [0.05, 0.1) is 20.1 Å². The van der Waals surface area contributed by atoms with Crippen molar-refractivity contribution in [3.8, 4) is 11.5 Å². The molecule has 0 spiro atoms. The fourth-order valence-corrected chi connectivity index (χ4v) is 2.20. The van der Waals surface area contributed by atoms with Crippen molar-refractivity contribution in [3.63, 3.8) is 0 Å². The van der Waals surface area contributed by atoms with Crippen LogP contribution in [0.3, 0.4) is 0 Å². The number of methoxy groups -OCH3 is 1. The summed E-state index contributed by atoms with van der Waals surface area (Å²) in [4.78, 5) is 11.6. The molecule has 0 saturated carbocycles. The molecule has 0 aromatic heterocycles. The molecule has 0 bridgehead atoms. The second kappa shape index (κ2) is 9.60. The van der Waals surface area contributed by atoms with E-state index in [1.54, 1.807) is 0 Å². The number of carbonyl (C=O) groups excluding carboxylic acids is 1. The molecule has 0 unspecified atom stereocenters. The molecule has 2 aromatic rings. The highest BCUT2D eigenvalue weighted by Gasteiger charge is 2.11. The third-order valence-corrected chi connectivity index (χ3v) is 3.60. The predicted molar refractivity (Wildman–Crippen MR) is 93.3 cm³/mol. The lowest BCUT2D eigenvalue weighted by atomic mass is 10.1. The Balaban J connectivity index is 2.12. The summed E-state index contributed by atoms with van der Waals surface area (Å²) in [6.45, 7) is 3.23. The van der Waals surface area contributed by atoms with Crippen LogP contribution in [0.5, 0.6) is 11.5 Å². The third kappa shape index (κ3) is 5.61. The van der Waals surface area contributed by atoms with Gasteiger partial charge in [0.25, 0.3) is 0 Å². The van der Waals surface area contributed by atoms with Crippen LogP contribution in [0, 0.1) is 0 Å². The molecule has 0 saturated heterocycles. The number of hydrogen-bond donors (Lipinski definition) is 0. The molecule has 2 aromatic carbocycles. The summed E-state index contributed by atoms with van der Waals surface area (Å²) in [6.07, 6.45) is 2.26. The van der Waals surface area contributed by atoms with Crippen molar-refractivity contribution >= 4 is 5.97 Å². The number of rotatable bonds is 9. The van der Waals surface area contributed by atoms with E-state index in [9.17, 15) is 4.79 Å². The van der Waals surface area contributed by atoms with Crippen LogP contribution < -0.4 is 9.47 Å². The number of unbranched alkanes of at least 4 members (excludes halogenated alkanes) is 1. The quantitative estimate of drug-likeness (QED) is 0.512. The van der Waals surface area contributed by atoms with Crippen LogP contribution in [-0.4, -0.2) is 19.7 Å². The first-order chi connectivity index (χ1) is 11.7. The van der Waals surface area contributed by atoms with E-state index in [4.69, 9.17) is 14.2 Å². The van der Waals surface area contributed by atoms with Crippen molar-refractivity contribution in [2.75, 3.05) is 13.7 Å². The van der Waals surface area contributed by atoms with Crippen LogP contribution >= 0.6 is 0 Å². The molecular formula is C20H24O4. The van der Waals surface area contributed by atoms with Gasteiger partial charge >= 0.3 is 5.97 Å². The van der Waals surface area contributed by atoms with Crippen LogP contribution in [0.2, 0.25) is 0 Å². The fourth-order valence-electron chi connectivity index (χ4n) is 2.20. The summed E-state index contributed by atoms with van der Waals surface area (Å²) in [7, 11) is 1.38. The minimum atomic E-state index is -0.292. The van der Waals surface area contributed by atoms with E-state index in [0.717, 1.165) is 29.7 Å². The number of carbonyl (C=O) groups is 1. The minimum absolute atomic E-state index is 0.176. The van der Waals surface area contributed by atoms with Crippen molar-refractivity contribution < 1.29 is 19.0 Å².